The molecule has 1 aromatic carbocycles. The zero-order valence-corrected chi connectivity index (χ0v) is 11.8. The zero-order chi connectivity index (χ0) is 14.8. The van der Waals surface area contributed by atoms with E-state index < -0.39 is 30.1 Å². The van der Waals surface area contributed by atoms with Gasteiger partial charge in [0.05, 0.1) is 12.1 Å². The number of halogens is 6. The van der Waals surface area contributed by atoms with Crippen molar-refractivity contribution in [2.75, 3.05) is 6.54 Å². The number of alkyl halides is 5. The predicted octanol–water partition coefficient (Wildman–Crippen LogP) is 3.70. The molecule has 0 spiro atoms. The number of carbonyl (C=O) groups excluding carboxylic acids is 1. The van der Waals surface area contributed by atoms with Crippen molar-refractivity contribution in [1.29, 1.82) is 0 Å². The highest BCUT2D eigenvalue weighted by Crippen LogP contribution is 2.33. The van der Waals surface area contributed by atoms with Gasteiger partial charge in [-0.15, -0.1) is 0 Å². The SMILES string of the molecule is CC(F)(F)CNC(=O)c1ccc(I)c(C(F)(F)F)c1. The van der Waals surface area contributed by atoms with Crippen molar-refractivity contribution in [1.82, 2.24) is 5.32 Å². The summed E-state index contributed by atoms with van der Waals surface area (Å²) in [7, 11) is 0. The van der Waals surface area contributed by atoms with Crippen molar-refractivity contribution in [3.63, 3.8) is 0 Å². The molecule has 0 atom stereocenters. The first-order valence-corrected chi connectivity index (χ1v) is 6.11. The van der Waals surface area contributed by atoms with Crippen molar-refractivity contribution in [3.8, 4) is 0 Å². The van der Waals surface area contributed by atoms with Gasteiger partial charge >= 0.3 is 6.18 Å². The van der Waals surface area contributed by atoms with Crippen LogP contribution in [0, 0.1) is 3.57 Å². The molecule has 0 fully saturated rings. The van der Waals surface area contributed by atoms with Crippen LogP contribution < -0.4 is 5.32 Å². The van der Waals surface area contributed by atoms with Crippen LogP contribution in [0.4, 0.5) is 22.0 Å². The molecule has 1 amide bonds. The molecule has 1 aromatic rings. The Morgan fingerprint density at radius 3 is 2.32 bits per heavy atom. The van der Waals surface area contributed by atoms with E-state index in [0.717, 1.165) is 12.1 Å². The summed E-state index contributed by atoms with van der Waals surface area (Å²) in [5, 5.41) is 1.88. The lowest BCUT2D eigenvalue weighted by Crippen LogP contribution is -2.34. The van der Waals surface area contributed by atoms with Crippen LogP contribution in [0.2, 0.25) is 0 Å². The first kappa shape index (κ1) is 16.1. The summed E-state index contributed by atoms with van der Waals surface area (Å²) in [5.74, 6) is -4.09. The fourth-order valence-electron chi connectivity index (χ4n) is 1.22. The molecule has 0 aliphatic rings. The molecule has 1 N–H and O–H groups in total. The van der Waals surface area contributed by atoms with E-state index in [1.54, 1.807) is 0 Å². The summed E-state index contributed by atoms with van der Waals surface area (Å²) in [6, 6.07) is 2.91. The molecule has 0 heterocycles. The molecule has 0 bridgehead atoms. The third kappa shape index (κ3) is 4.92. The highest BCUT2D eigenvalue weighted by Gasteiger charge is 2.33. The second kappa shape index (κ2) is 5.59. The summed E-state index contributed by atoms with van der Waals surface area (Å²) in [5.41, 5.74) is -1.28. The minimum atomic E-state index is -4.60. The molecule has 0 saturated carbocycles. The molecule has 0 radical (unpaired) electrons. The van der Waals surface area contributed by atoms with Gasteiger partial charge in [0.15, 0.2) is 0 Å². The summed E-state index contributed by atoms with van der Waals surface area (Å²) in [6.07, 6.45) is -4.60. The molecule has 19 heavy (non-hydrogen) atoms. The fourth-order valence-corrected chi connectivity index (χ4v) is 1.86. The van der Waals surface area contributed by atoms with Crippen molar-refractivity contribution in [3.05, 3.63) is 32.9 Å². The summed E-state index contributed by atoms with van der Waals surface area (Å²) in [6.45, 7) is -0.332. The Labute approximate surface area is 119 Å². The van der Waals surface area contributed by atoms with Crippen molar-refractivity contribution >= 4 is 28.5 Å². The molecule has 0 aliphatic heterocycles. The average Bonchev–Trinajstić information content (AvgIpc) is 2.24. The predicted molar refractivity (Wildman–Crippen MR) is 67.1 cm³/mol. The van der Waals surface area contributed by atoms with Gasteiger partial charge in [-0.05, 0) is 40.8 Å². The molecule has 2 nitrogen and oxygen atoms in total. The van der Waals surface area contributed by atoms with Gasteiger partial charge in [0, 0.05) is 16.1 Å². The molecule has 1 rings (SSSR count). The highest BCUT2D eigenvalue weighted by atomic mass is 127. The third-order valence-electron chi connectivity index (χ3n) is 2.09. The Bertz CT molecular complexity index is 481. The topological polar surface area (TPSA) is 29.1 Å². The minimum absolute atomic E-state index is 0.0672. The molecule has 0 aromatic heterocycles. The molecule has 0 unspecified atom stereocenters. The van der Waals surface area contributed by atoms with Gasteiger partial charge in [0.2, 0.25) is 0 Å². The Morgan fingerprint density at radius 1 is 1.26 bits per heavy atom. The molecular weight excluding hydrogens is 384 g/mol. The van der Waals surface area contributed by atoms with E-state index in [9.17, 15) is 26.7 Å². The largest absolute Gasteiger partial charge is 0.417 e. The first-order valence-electron chi connectivity index (χ1n) is 5.03. The van der Waals surface area contributed by atoms with Gasteiger partial charge in [0.25, 0.3) is 11.8 Å². The lowest BCUT2D eigenvalue weighted by atomic mass is 10.1. The van der Waals surface area contributed by atoms with Gasteiger partial charge in [0.1, 0.15) is 0 Å². The standard InChI is InChI=1S/C11H9F5INO/c1-10(12,13)5-18-9(19)6-2-3-8(17)7(4-6)11(14,15)16/h2-4H,5H2,1H3,(H,18,19). The normalized spacial score (nSPS) is 12.4. The van der Waals surface area contributed by atoms with Crippen molar-refractivity contribution < 1.29 is 26.7 Å². The van der Waals surface area contributed by atoms with E-state index in [4.69, 9.17) is 0 Å². The van der Waals surface area contributed by atoms with E-state index in [1.807, 2.05) is 5.32 Å². The van der Waals surface area contributed by atoms with Gasteiger partial charge in [-0.1, -0.05) is 0 Å². The summed E-state index contributed by atoms with van der Waals surface area (Å²) >= 11 is 1.49. The van der Waals surface area contributed by atoms with Gasteiger partial charge in [-0.2, -0.15) is 13.2 Å². The fraction of sp³-hybridized carbons (Fsp3) is 0.364. The third-order valence-corrected chi connectivity index (χ3v) is 3.03. The van der Waals surface area contributed by atoms with Crippen LogP contribution in [0.25, 0.3) is 0 Å². The van der Waals surface area contributed by atoms with Crippen molar-refractivity contribution in [2.24, 2.45) is 0 Å². The van der Waals surface area contributed by atoms with E-state index in [-0.39, 0.29) is 9.13 Å². The Kier molecular flexibility index (Phi) is 4.75. The van der Waals surface area contributed by atoms with Crippen LogP contribution in [-0.4, -0.2) is 18.4 Å². The maximum absolute atomic E-state index is 12.6. The monoisotopic (exact) mass is 393 g/mol. The van der Waals surface area contributed by atoms with Crippen LogP contribution in [0.1, 0.15) is 22.8 Å². The van der Waals surface area contributed by atoms with Gasteiger partial charge in [-0.3, -0.25) is 4.79 Å². The number of rotatable bonds is 3. The Balaban J connectivity index is 2.94. The van der Waals surface area contributed by atoms with E-state index in [2.05, 4.69) is 0 Å². The first-order chi connectivity index (χ1) is 8.50. The van der Waals surface area contributed by atoms with Crippen LogP contribution in [0.3, 0.4) is 0 Å². The van der Waals surface area contributed by atoms with E-state index in [0.29, 0.717) is 13.0 Å². The molecular formula is C11H9F5INO. The molecule has 8 heteroatoms. The van der Waals surface area contributed by atoms with Crippen LogP contribution >= 0.6 is 22.6 Å². The quantitative estimate of drug-likeness (QED) is 0.616. The number of carbonyl (C=O) groups is 1. The van der Waals surface area contributed by atoms with Crippen molar-refractivity contribution in [2.45, 2.75) is 19.0 Å². The molecule has 106 valence electrons. The lowest BCUT2D eigenvalue weighted by molar-refractivity contribution is -0.138. The second-order valence-corrected chi connectivity index (χ2v) is 5.11. The number of amides is 1. The number of hydrogen-bond acceptors (Lipinski definition) is 1. The van der Waals surface area contributed by atoms with Gasteiger partial charge < -0.3 is 5.32 Å². The average molecular weight is 393 g/mol. The number of benzene rings is 1. The van der Waals surface area contributed by atoms with Crippen LogP contribution in [0.15, 0.2) is 18.2 Å². The van der Waals surface area contributed by atoms with E-state index >= 15 is 0 Å². The maximum Gasteiger partial charge on any atom is 0.417 e. The highest BCUT2D eigenvalue weighted by molar-refractivity contribution is 14.1. The smallest absolute Gasteiger partial charge is 0.346 e. The zero-order valence-electron chi connectivity index (χ0n) is 9.62. The van der Waals surface area contributed by atoms with Crippen LogP contribution in [-0.2, 0) is 6.18 Å². The minimum Gasteiger partial charge on any atom is -0.346 e. The second-order valence-electron chi connectivity index (χ2n) is 3.95. The molecule has 0 saturated heterocycles. The summed E-state index contributed by atoms with van der Waals surface area (Å²) in [4.78, 5) is 11.5. The maximum atomic E-state index is 12.6. The lowest BCUT2D eigenvalue weighted by Gasteiger charge is -2.13. The van der Waals surface area contributed by atoms with Gasteiger partial charge in [-0.25, -0.2) is 8.78 Å². The molecule has 0 aliphatic carbocycles. The Hall–Kier alpha value is -0.930. The summed E-state index contributed by atoms with van der Waals surface area (Å²) < 4.78 is 62.8. The van der Waals surface area contributed by atoms with E-state index in [1.165, 1.54) is 22.6 Å². The number of nitrogens with one attached hydrogen (secondary N) is 1. The number of hydrogen-bond donors (Lipinski definition) is 1. The van der Waals surface area contributed by atoms with Crippen LogP contribution in [0.5, 0.6) is 0 Å². The Morgan fingerprint density at radius 2 is 1.84 bits per heavy atom.